The molecule has 0 aliphatic heterocycles. The summed E-state index contributed by atoms with van der Waals surface area (Å²) in [6.07, 6.45) is 25.2. The van der Waals surface area contributed by atoms with Crippen LogP contribution in [0.25, 0.3) is 5.57 Å². The van der Waals surface area contributed by atoms with E-state index >= 15 is 0 Å². The molecule has 0 radical (unpaired) electrons. The molecule has 1 atom stereocenters. The molecule has 0 spiro atoms. The molecule has 1 aromatic carbocycles. The summed E-state index contributed by atoms with van der Waals surface area (Å²) >= 11 is 0. The number of rotatable bonds is 7. The van der Waals surface area contributed by atoms with Crippen molar-refractivity contribution in [2.75, 3.05) is 0 Å². The molecule has 3 aliphatic rings. The first-order valence-electron chi connectivity index (χ1n) is 13.2. The third kappa shape index (κ3) is 6.16. The Hall–Kier alpha value is -1.90. The molecule has 0 saturated heterocycles. The van der Waals surface area contributed by atoms with Gasteiger partial charge in [0.2, 0.25) is 5.82 Å². The number of phenols is 1. The fourth-order valence-corrected chi connectivity index (χ4v) is 6.49. The molecule has 1 aromatic rings. The quantitative estimate of drug-likeness (QED) is 0.408. The van der Waals surface area contributed by atoms with E-state index in [1.165, 1.54) is 76.3 Å². The van der Waals surface area contributed by atoms with Gasteiger partial charge in [0.25, 0.3) is 0 Å². The van der Waals surface area contributed by atoms with Crippen molar-refractivity contribution in [2.24, 2.45) is 29.6 Å². The fraction of sp³-hybridized carbons (Fsp3) is 0.600. The van der Waals surface area contributed by atoms with Crippen LogP contribution in [0.2, 0.25) is 0 Å². The smallest absolute Gasteiger partial charge is 0.200 e. The van der Waals surface area contributed by atoms with Crippen molar-refractivity contribution < 1.29 is 13.9 Å². The number of benzene rings is 1. The third-order valence-corrected chi connectivity index (χ3v) is 8.67. The predicted molar refractivity (Wildman–Crippen MR) is 133 cm³/mol. The van der Waals surface area contributed by atoms with Crippen LogP contribution in [0.5, 0.6) is 5.75 Å². The van der Waals surface area contributed by atoms with Crippen molar-refractivity contribution >= 4 is 5.57 Å². The minimum Gasteiger partial charge on any atom is -0.505 e. The Labute approximate surface area is 198 Å². The van der Waals surface area contributed by atoms with Crippen LogP contribution in [0.1, 0.15) is 89.0 Å². The summed E-state index contributed by atoms with van der Waals surface area (Å²) in [5, 5.41) is 9.34. The lowest BCUT2D eigenvalue weighted by Crippen LogP contribution is -2.25. The van der Waals surface area contributed by atoms with Gasteiger partial charge in [0.05, 0.1) is 0 Å². The fourth-order valence-electron chi connectivity index (χ4n) is 6.49. The van der Waals surface area contributed by atoms with E-state index in [0.717, 1.165) is 42.6 Å². The molecule has 2 saturated carbocycles. The van der Waals surface area contributed by atoms with Crippen molar-refractivity contribution in [3.05, 3.63) is 60.2 Å². The van der Waals surface area contributed by atoms with Gasteiger partial charge in [0.1, 0.15) is 0 Å². The van der Waals surface area contributed by atoms with Crippen molar-refractivity contribution in [2.45, 2.75) is 83.5 Å². The van der Waals surface area contributed by atoms with Gasteiger partial charge in [-0.1, -0.05) is 37.1 Å². The Balaban J connectivity index is 1.21. The van der Waals surface area contributed by atoms with Gasteiger partial charge in [0.15, 0.2) is 11.6 Å². The van der Waals surface area contributed by atoms with Crippen molar-refractivity contribution in [1.29, 1.82) is 0 Å². The molecule has 0 aromatic heterocycles. The highest BCUT2D eigenvalue weighted by atomic mass is 19.2. The van der Waals surface area contributed by atoms with Gasteiger partial charge in [-0.3, -0.25) is 0 Å². The number of hydrogen-bond acceptors (Lipinski definition) is 1. The van der Waals surface area contributed by atoms with Gasteiger partial charge in [-0.05, 0) is 118 Å². The Morgan fingerprint density at radius 2 is 1.52 bits per heavy atom. The SMILES string of the molecule is C=CCCC1CCC(C2CCC(/C=C/C3CC=C(c4ccc(O)c(F)c4F)CC3)CC2)CC1. The van der Waals surface area contributed by atoms with E-state index in [4.69, 9.17) is 0 Å². The molecule has 4 rings (SSSR count). The maximum atomic E-state index is 14.2. The van der Waals surface area contributed by atoms with E-state index in [1.807, 2.05) is 0 Å². The Morgan fingerprint density at radius 1 is 0.848 bits per heavy atom. The van der Waals surface area contributed by atoms with Crippen LogP contribution < -0.4 is 0 Å². The van der Waals surface area contributed by atoms with Gasteiger partial charge in [-0.2, -0.15) is 4.39 Å². The molecule has 1 N–H and O–H groups in total. The first-order chi connectivity index (χ1) is 16.0. The molecule has 3 heteroatoms. The summed E-state index contributed by atoms with van der Waals surface area (Å²) in [7, 11) is 0. The molecular formula is C30H40F2O. The lowest BCUT2D eigenvalue weighted by Gasteiger charge is -2.37. The van der Waals surface area contributed by atoms with Gasteiger partial charge in [-0.25, -0.2) is 4.39 Å². The molecule has 0 amide bonds. The molecule has 33 heavy (non-hydrogen) atoms. The standard InChI is InChI=1S/C30H40F2O/c1-2-3-4-21-7-13-24(14-8-21)25-15-9-22(10-16-25)5-6-23-11-17-26(18-12-23)27-19-20-28(33)30(32)29(27)31/h2,5-6,17,19-25,33H,1,3-4,7-16,18H2/b6-5+. The van der Waals surface area contributed by atoms with E-state index in [-0.39, 0.29) is 0 Å². The maximum Gasteiger partial charge on any atom is 0.200 e. The first-order valence-corrected chi connectivity index (χ1v) is 13.2. The summed E-state index contributed by atoms with van der Waals surface area (Å²) in [5.41, 5.74) is 1.15. The molecule has 2 fully saturated rings. The monoisotopic (exact) mass is 454 g/mol. The van der Waals surface area contributed by atoms with Crippen LogP contribution in [-0.2, 0) is 0 Å². The van der Waals surface area contributed by atoms with E-state index in [0.29, 0.717) is 17.4 Å². The largest absolute Gasteiger partial charge is 0.505 e. The number of aromatic hydroxyl groups is 1. The second kappa shape index (κ2) is 11.5. The minimum absolute atomic E-state index is 0.292. The second-order valence-electron chi connectivity index (χ2n) is 10.7. The van der Waals surface area contributed by atoms with Crippen LogP contribution in [0.3, 0.4) is 0 Å². The normalized spacial score (nSPS) is 30.8. The molecule has 0 bridgehead atoms. The molecular weight excluding hydrogens is 414 g/mol. The van der Waals surface area contributed by atoms with Gasteiger partial charge in [-0.15, -0.1) is 6.58 Å². The zero-order chi connectivity index (χ0) is 23.2. The van der Waals surface area contributed by atoms with Crippen LogP contribution in [0, 0.1) is 41.2 Å². The summed E-state index contributed by atoms with van der Waals surface area (Å²) in [4.78, 5) is 0. The van der Waals surface area contributed by atoms with E-state index in [9.17, 15) is 13.9 Å². The molecule has 0 heterocycles. The summed E-state index contributed by atoms with van der Waals surface area (Å²) in [6, 6.07) is 2.73. The van der Waals surface area contributed by atoms with E-state index in [2.05, 4.69) is 30.9 Å². The van der Waals surface area contributed by atoms with Crippen LogP contribution >= 0.6 is 0 Å². The van der Waals surface area contributed by atoms with Crippen molar-refractivity contribution in [3.63, 3.8) is 0 Å². The zero-order valence-corrected chi connectivity index (χ0v) is 20.0. The lowest BCUT2D eigenvalue weighted by atomic mass is 9.68. The highest BCUT2D eigenvalue weighted by Gasteiger charge is 2.30. The molecule has 3 aliphatic carbocycles. The van der Waals surface area contributed by atoms with Crippen LogP contribution in [0.4, 0.5) is 8.78 Å². The second-order valence-corrected chi connectivity index (χ2v) is 10.7. The zero-order valence-electron chi connectivity index (χ0n) is 20.0. The van der Waals surface area contributed by atoms with E-state index < -0.39 is 17.4 Å². The Bertz CT molecular complexity index is 854. The Morgan fingerprint density at radius 3 is 2.15 bits per heavy atom. The highest BCUT2D eigenvalue weighted by molar-refractivity contribution is 5.67. The summed E-state index contributed by atoms with van der Waals surface area (Å²) in [6.45, 7) is 3.87. The summed E-state index contributed by atoms with van der Waals surface area (Å²) in [5.74, 6) is 1.33. The molecule has 1 nitrogen and oxygen atoms in total. The lowest BCUT2D eigenvalue weighted by molar-refractivity contribution is 0.153. The minimum atomic E-state index is -1.15. The van der Waals surface area contributed by atoms with Crippen LogP contribution in [0.15, 0.2) is 43.0 Å². The number of halogens is 2. The molecule has 1 unspecified atom stereocenters. The van der Waals surface area contributed by atoms with Crippen molar-refractivity contribution in [3.8, 4) is 5.75 Å². The maximum absolute atomic E-state index is 14.2. The first kappa shape index (κ1) is 24.2. The van der Waals surface area contributed by atoms with Crippen molar-refractivity contribution in [1.82, 2.24) is 0 Å². The predicted octanol–water partition coefficient (Wildman–Crippen LogP) is 8.99. The van der Waals surface area contributed by atoms with E-state index in [1.54, 1.807) is 0 Å². The third-order valence-electron chi connectivity index (χ3n) is 8.67. The van der Waals surface area contributed by atoms with Gasteiger partial charge in [0, 0.05) is 5.56 Å². The average molecular weight is 455 g/mol. The summed E-state index contributed by atoms with van der Waals surface area (Å²) < 4.78 is 27.9. The topological polar surface area (TPSA) is 20.2 Å². The number of hydrogen-bond donors (Lipinski definition) is 1. The molecule has 180 valence electrons. The average Bonchev–Trinajstić information content (AvgIpc) is 2.86. The van der Waals surface area contributed by atoms with Crippen LogP contribution in [-0.4, -0.2) is 5.11 Å². The van der Waals surface area contributed by atoms with Gasteiger partial charge < -0.3 is 5.11 Å². The highest BCUT2D eigenvalue weighted by Crippen LogP contribution is 2.43. The number of allylic oxidation sites excluding steroid dienone is 5. The number of phenolic OH excluding ortho intramolecular Hbond substituents is 1. The van der Waals surface area contributed by atoms with Gasteiger partial charge >= 0.3 is 0 Å². The Kier molecular flexibility index (Phi) is 8.44.